The minimum atomic E-state index is -0.128. The lowest BCUT2D eigenvalue weighted by molar-refractivity contribution is -0.117. The summed E-state index contributed by atoms with van der Waals surface area (Å²) in [5.74, 6) is -0.128. The van der Waals surface area contributed by atoms with E-state index >= 15 is 0 Å². The Morgan fingerprint density at radius 1 is 1.42 bits per heavy atom. The summed E-state index contributed by atoms with van der Waals surface area (Å²) in [5.41, 5.74) is 8.00. The Bertz CT molecular complexity index is 578. The molecule has 0 saturated heterocycles. The van der Waals surface area contributed by atoms with Gasteiger partial charge in [-0.05, 0) is 30.9 Å². The number of nitrogens with zero attached hydrogens (tertiary/aromatic N) is 2. The molecule has 1 amide bonds. The van der Waals surface area contributed by atoms with Gasteiger partial charge in [0.05, 0.1) is 5.71 Å². The van der Waals surface area contributed by atoms with Gasteiger partial charge < -0.3 is 4.90 Å². The van der Waals surface area contributed by atoms with Gasteiger partial charge in [-0.2, -0.15) is 5.10 Å². The van der Waals surface area contributed by atoms with Crippen LogP contribution in [0.5, 0.6) is 0 Å². The van der Waals surface area contributed by atoms with Crippen molar-refractivity contribution in [1.82, 2.24) is 10.3 Å². The van der Waals surface area contributed by atoms with Crippen molar-refractivity contribution in [3.05, 3.63) is 47.2 Å². The van der Waals surface area contributed by atoms with E-state index in [1.165, 1.54) is 11.3 Å². The molecule has 3 rings (SSSR count). The average Bonchev–Trinajstić information content (AvgIpc) is 2.68. The molecule has 4 nitrogen and oxygen atoms in total. The molecule has 0 atom stereocenters. The van der Waals surface area contributed by atoms with Crippen LogP contribution in [0.2, 0.25) is 0 Å². The van der Waals surface area contributed by atoms with Crippen molar-refractivity contribution < 1.29 is 4.79 Å². The Labute approximate surface area is 112 Å². The maximum absolute atomic E-state index is 12.2. The van der Waals surface area contributed by atoms with Gasteiger partial charge in [0.25, 0.3) is 5.91 Å². The smallest absolute Gasteiger partial charge is 0.271 e. The SMILES string of the molecule is C=C/C=C\C1=C2CN(C)C3=C2C(=NNC1=O)CCC3. The van der Waals surface area contributed by atoms with E-state index in [0.717, 1.165) is 37.1 Å². The summed E-state index contributed by atoms with van der Waals surface area (Å²) in [5, 5.41) is 4.29. The highest BCUT2D eigenvalue weighted by molar-refractivity contribution is 6.11. The first-order chi connectivity index (χ1) is 9.22. The van der Waals surface area contributed by atoms with Crippen molar-refractivity contribution in [2.75, 3.05) is 13.6 Å². The lowest BCUT2D eigenvalue weighted by Crippen LogP contribution is -2.22. The van der Waals surface area contributed by atoms with E-state index in [1.807, 2.05) is 6.08 Å². The van der Waals surface area contributed by atoms with Crippen molar-refractivity contribution in [3.8, 4) is 0 Å². The second kappa shape index (κ2) is 4.53. The number of carbonyl (C=O) groups excluding carboxylic acids is 1. The van der Waals surface area contributed by atoms with Gasteiger partial charge in [0.2, 0.25) is 0 Å². The lowest BCUT2D eigenvalue weighted by atomic mass is 9.89. The van der Waals surface area contributed by atoms with Gasteiger partial charge in [-0.3, -0.25) is 4.79 Å². The minimum Gasteiger partial charge on any atom is -0.373 e. The summed E-state index contributed by atoms with van der Waals surface area (Å²) in [7, 11) is 2.08. The largest absolute Gasteiger partial charge is 0.373 e. The number of amides is 1. The van der Waals surface area contributed by atoms with Crippen molar-refractivity contribution in [2.45, 2.75) is 19.3 Å². The van der Waals surface area contributed by atoms with E-state index in [-0.39, 0.29) is 5.91 Å². The summed E-state index contributed by atoms with van der Waals surface area (Å²) in [6.07, 6.45) is 8.42. The standard InChI is InChI=1S/C15H17N3O/c1-3-4-6-10-11-9-18(2)13-8-5-7-12(14(11)13)16-17-15(10)19/h3-4,6H,1,5,7-9H2,2H3,(H,17,19)/b6-4-. The van der Waals surface area contributed by atoms with Crippen molar-refractivity contribution in [1.29, 1.82) is 0 Å². The second-order valence-electron chi connectivity index (χ2n) is 5.02. The third-order valence-corrected chi connectivity index (χ3v) is 3.82. The van der Waals surface area contributed by atoms with Gasteiger partial charge >= 0.3 is 0 Å². The first-order valence-electron chi connectivity index (χ1n) is 6.56. The number of rotatable bonds is 2. The molecular formula is C15H17N3O. The Morgan fingerprint density at radius 3 is 3.05 bits per heavy atom. The molecule has 1 N–H and O–H groups in total. The monoisotopic (exact) mass is 255 g/mol. The fraction of sp³-hybridized carbons (Fsp3) is 0.333. The van der Waals surface area contributed by atoms with Gasteiger partial charge in [0.15, 0.2) is 0 Å². The number of hydrazone groups is 1. The predicted molar refractivity (Wildman–Crippen MR) is 75.4 cm³/mol. The summed E-state index contributed by atoms with van der Waals surface area (Å²) in [6.45, 7) is 4.44. The average molecular weight is 255 g/mol. The predicted octanol–water partition coefficient (Wildman–Crippen LogP) is 1.89. The highest BCUT2D eigenvalue weighted by Crippen LogP contribution is 2.38. The maximum atomic E-state index is 12.2. The van der Waals surface area contributed by atoms with Crippen LogP contribution >= 0.6 is 0 Å². The quantitative estimate of drug-likeness (QED) is 0.766. The van der Waals surface area contributed by atoms with Crippen LogP contribution in [0.1, 0.15) is 19.3 Å². The molecule has 98 valence electrons. The van der Waals surface area contributed by atoms with Crippen LogP contribution in [0.4, 0.5) is 0 Å². The van der Waals surface area contributed by atoms with Crippen LogP contribution in [-0.2, 0) is 4.79 Å². The molecule has 0 saturated carbocycles. The number of likely N-dealkylation sites (N-methyl/N-ethyl adjacent to an activating group) is 1. The van der Waals surface area contributed by atoms with Gasteiger partial charge in [0, 0.05) is 30.4 Å². The third kappa shape index (κ3) is 1.84. The van der Waals surface area contributed by atoms with Crippen LogP contribution in [0.25, 0.3) is 0 Å². The maximum Gasteiger partial charge on any atom is 0.271 e. The van der Waals surface area contributed by atoms with E-state index in [1.54, 1.807) is 12.2 Å². The molecule has 2 heterocycles. The zero-order valence-electron chi connectivity index (χ0n) is 11.1. The molecule has 0 aromatic carbocycles. The van der Waals surface area contributed by atoms with Gasteiger partial charge in [-0.25, -0.2) is 5.43 Å². The van der Waals surface area contributed by atoms with Crippen molar-refractivity contribution in [2.24, 2.45) is 5.10 Å². The Kier molecular flexibility index (Phi) is 2.85. The highest BCUT2D eigenvalue weighted by atomic mass is 16.2. The van der Waals surface area contributed by atoms with E-state index in [0.29, 0.717) is 5.57 Å². The molecule has 0 radical (unpaired) electrons. The summed E-state index contributed by atoms with van der Waals surface area (Å²) in [6, 6.07) is 0. The second-order valence-corrected chi connectivity index (χ2v) is 5.02. The number of allylic oxidation sites excluding steroid dienone is 3. The molecule has 1 aliphatic carbocycles. The van der Waals surface area contributed by atoms with E-state index in [2.05, 4.69) is 29.1 Å². The first-order valence-corrected chi connectivity index (χ1v) is 6.56. The lowest BCUT2D eigenvalue weighted by Gasteiger charge is -2.20. The van der Waals surface area contributed by atoms with E-state index < -0.39 is 0 Å². The van der Waals surface area contributed by atoms with Crippen molar-refractivity contribution in [3.63, 3.8) is 0 Å². The molecule has 19 heavy (non-hydrogen) atoms. The van der Waals surface area contributed by atoms with E-state index in [9.17, 15) is 4.79 Å². The van der Waals surface area contributed by atoms with Gasteiger partial charge in [-0.15, -0.1) is 0 Å². The van der Waals surface area contributed by atoms with Crippen molar-refractivity contribution >= 4 is 11.6 Å². The number of nitrogens with one attached hydrogen (secondary N) is 1. The zero-order chi connectivity index (χ0) is 13.4. The summed E-state index contributed by atoms with van der Waals surface area (Å²) >= 11 is 0. The number of hydrogen-bond donors (Lipinski definition) is 1. The van der Waals surface area contributed by atoms with Gasteiger partial charge in [-0.1, -0.05) is 18.7 Å². The molecular weight excluding hydrogens is 238 g/mol. The molecule has 0 unspecified atom stereocenters. The highest BCUT2D eigenvalue weighted by Gasteiger charge is 2.34. The Balaban J connectivity index is 2.20. The van der Waals surface area contributed by atoms with Crippen LogP contribution in [0.3, 0.4) is 0 Å². The minimum absolute atomic E-state index is 0.128. The molecule has 3 aliphatic rings. The fourth-order valence-corrected chi connectivity index (χ4v) is 2.97. The molecule has 0 aromatic heterocycles. The molecule has 0 spiro atoms. The molecule has 0 aromatic rings. The van der Waals surface area contributed by atoms with Crippen LogP contribution in [-0.4, -0.2) is 30.1 Å². The number of carbonyl (C=O) groups is 1. The zero-order valence-corrected chi connectivity index (χ0v) is 11.1. The molecule has 2 aliphatic heterocycles. The first kappa shape index (κ1) is 12.0. The number of hydrogen-bond acceptors (Lipinski definition) is 3. The summed E-state index contributed by atoms with van der Waals surface area (Å²) in [4.78, 5) is 14.4. The topological polar surface area (TPSA) is 44.7 Å². The van der Waals surface area contributed by atoms with Crippen LogP contribution in [0, 0.1) is 0 Å². The molecule has 0 bridgehead atoms. The Hall–Kier alpha value is -2.10. The van der Waals surface area contributed by atoms with Crippen LogP contribution in [0.15, 0.2) is 52.3 Å². The molecule has 0 fully saturated rings. The fourth-order valence-electron chi connectivity index (χ4n) is 2.97. The third-order valence-electron chi connectivity index (χ3n) is 3.82. The Morgan fingerprint density at radius 2 is 2.26 bits per heavy atom. The normalized spacial score (nSPS) is 22.5. The van der Waals surface area contributed by atoms with Crippen LogP contribution < -0.4 is 5.43 Å². The molecule has 4 heteroatoms. The summed E-state index contributed by atoms with van der Waals surface area (Å²) < 4.78 is 0. The van der Waals surface area contributed by atoms with E-state index in [4.69, 9.17) is 0 Å². The van der Waals surface area contributed by atoms with Gasteiger partial charge in [0.1, 0.15) is 0 Å².